The summed E-state index contributed by atoms with van der Waals surface area (Å²) in [5, 5.41) is 15.5. The predicted octanol–water partition coefficient (Wildman–Crippen LogP) is 14.8. The molecule has 236 valence electrons. The van der Waals surface area contributed by atoms with Gasteiger partial charge in [0.1, 0.15) is 0 Å². The van der Waals surface area contributed by atoms with Crippen LogP contribution >= 0.6 is 11.3 Å². The summed E-state index contributed by atoms with van der Waals surface area (Å²) in [5.41, 5.74) is 7.70. The van der Waals surface area contributed by atoms with Gasteiger partial charge in [0, 0.05) is 25.7 Å². The summed E-state index contributed by atoms with van der Waals surface area (Å²) in [6.45, 7) is 0. The number of hydrogen-bond donors (Lipinski definition) is 0. The van der Waals surface area contributed by atoms with Gasteiger partial charge < -0.3 is 0 Å². The number of hydrogen-bond acceptors (Lipinski definition) is 1. The second-order valence-electron chi connectivity index (χ2n) is 13.5. The van der Waals surface area contributed by atoms with Gasteiger partial charge in [-0.05, 0) is 87.7 Å². The van der Waals surface area contributed by atoms with Gasteiger partial charge in [-0.2, -0.15) is 0 Å². The summed E-state index contributed by atoms with van der Waals surface area (Å²) >= 11 is 1.91. The lowest BCUT2D eigenvalue weighted by Crippen LogP contribution is -1.93. The van der Waals surface area contributed by atoms with E-state index >= 15 is 0 Å². The van der Waals surface area contributed by atoms with Crippen molar-refractivity contribution in [2.24, 2.45) is 0 Å². The molecule has 0 unspecified atom stereocenters. The molecule has 11 aromatic rings. The monoisotopic (exact) mass is 662 g/mol. The van der Waals surface area contributed by atoms with Crippen LogP contribution < -0.4 is 0 Å². The molecule has 0 saturated carbocycles. The van der Waals surface area contributed by atoms with Gasteiger partial charge >= 0.3 is 0 Å². The fourth-order valence-corrected chi connectivity index (χ4v) is 9.93. The van der Waals surface area contributed by atoms with Crippen LogP contribution in [-0.4, -0.2) is 0 Å². The third-order valence-corrected chi connectivity index (χ3v) is 12.1. The Morgan fingerprint density at radius 2 is 0.686 bits per heavy atom. The summed E-state index contributed by atoms with van der Waals surface area (Å²) in [6, 6.07) is 67.4. The summed E-state index contributed by atoms with van der Waals surface area (Å²) in [5.74, 6) is 0. The molecule has 51 heavy (non-hydrogen) atoms. The van der Waals surface area contributed by atoms with Gasteiger partial charge in [0.15, 0.2) is 0 Å². The van der Waals surface area contributed by atoms with Crippen molar-refractivity contribution in [3.63, 3.8) is 0 Å². The Kier molecular flexibility index (Phi) is 6.22. The maximum atomic E-state index is 2.38. The van der Waals surface area contributed by atoms with Gasteiger partial charge in [-0.1, -0.05) is 176 Å². The first-order chi connectivity index (χ1) is 25.3. The molecule has 1 aromatic heterocycles. The Morgan fingerprint density at radius 1 is 0.255 bits per heavy atom. The van der Waals surface area contributed by atoms with Crippen molar-refractivity contribution >= 4 is 85.4 Å². The lowest BCUT2D eigenvalue weighted by molar-refractivity contribution is 1.68. The zero-order valence-corrected chi connectivity index (χ0v) is 28.5. The molecule has 0 nitrogen and oxygen atoms in total. The van der Waals surface area contributed by atoms with E-state index in [1.165, 1.54) is 107 Å². The van der Waals surface area contributed by atoms with E-state index in [2.05, 4.69) is 182 Å². The average Bonchev–Trinajstić information content (AvgIpc) is 3.59. The lowest BCUT2D eigenvalue weighted by atomic mass is 9.83. The normalized spacial score (nSPS) is 11.9. The first-order valence-corrected chi connectivity index (χ1v) is 18.4. The fraction of sp³-hybridized carbons (Fsp3) is 0. The molecule has 0 spiro atoms. The Morgan fingerprint density at radius 3 is 1.35 bits per heavy atom. The molecule has 11 rings (SSSR count). The molecule has 1 heterocycles. The molecular weight excluding hydrogens is 633 g/mol. The smallest absolute Gasteiger partial charge is 0.0434 e. The van der Waals surface area contributed by atoms with Crippen LogP contribution in [0.2, 0.25) is 0 Å². The lowest BCUT2D eigenvalue weighted by Gasteiger charge is -2.20. The zero-order chi connectivity index (χ0) is 33.5. The SMILES string of the molecule is c1ccc2c(-c3c4ccccc4c(-c4ccc(-c5cccc6c5sc5ccc7ccccc7c56)c5ccccc45)c4ccccc34)cccc2c1. The summed E-state index contributed by atoms with van der Waals surface area (Å²) in [6.07, 6.45) is 0. The number of benzene rings is 10. The quantitative estimate of drug-likeness (QED) is 0.165. The Labute approximate surface area is 299 Å². The molecule has 10 aromatic carbocycles. The van der Waals surface area contributed by atoms with Gasteiger partial charge in [-0.3, -0.25) is 0 Å². The first kappa shape index (κ1) is 28.5. The number of rotatable bonds is 3. The molecule has 0 radical (unpaired) electrons. The van der Waals surface area contributed by atoms with E-state index in [-0.39, 0.29) is 0 Å². The van der Waals surface area contributed by atoms with Gasteiger partial charge in [0.25, 0.3) is 0 Å². The highest BCUT2D eigenvalue weighted by Gasteiger charge is 2.21. The van der Waals surface area contributed by atoms with Crippen LogP contribution in [0.5, 0.6) is 0 Å². The van der Waals surface area contributed by atoms with E-state index in [9.17, 15) is 0 Å². The third-order valence-electron chi connectivity index (χ3n) is 10.9. The van der Waals surface area contributed by atoms with Crippen LogP contribution in [0.4, 0.5) is 0 Å². The Balaban J connectivity index is 1.20. The van der Waals surface area contributed by atoms with E-state index in [0.717, 1.165) is 0 Å². The highest BCUT2D eigenvalue weighted by molar-refractivity contribution is 7.26. The Hall–Kier alpha value is -6.28. The maximum Gasteiger partial charge on any atom is 0.0434 e. The molecule has 0 aliphatic rings. The standard InChI is InChI=1S/C50H30S/c1-3-16-33-31(13-1)15-11-24-38(33)47-39-20-7-9-22-41(39)48(42-23-10-8-21-40(42)47)43-29-28-37(35-18-5-6-19-36(35)43)44-25-12-26-45-49-34-17-4-2-14-32(34)27-30-46(49)51-50(44)45/h1-30H. The topological polar surface area (TPSA) is 0 Å². The van der Waals surface area contributed by atoms with Crippen LogP contribution in [0, 0.1) is 0 Å². The first-order valence-electron chi connectivity index (χ1n) is 17.6. The van der Waals surface area contributed by atoms with E-state index in [1.54, 1.807) is 0 Å². The number of thiophene rings is 1. The second kappa shape index (κ2) is 11.1. The van der Waals surface area contributed by atoms with E-state index in [0.29, 0.717) is 0 Å². The van der Waals surface area contributed by atoms with Crippen LogP contribution in [0.3, 0.4) is 0 Å². The zero-order valence-electron chi connectivity index (χ0n) is 27.7. The molecule has 0 fully saturated rings. The van der Waals surface area contributed by atoms with Crippen molar-refractivity contribution in [1.82, 2.24) is 0 Å². The predicted molar refractivity (Wildman–Crippen MR) is 223 cm³/mol. The minimum absolute atomic E-state index is 1.26. The van der Waals surface area contributed by atoms with Crippen molar-refractivity contribution in [3.8, 4) is 33.4 Å². The summed E-state index contributed by atoms with van der Waals surface area (Å²) < 4.78 is 2.68. The average molecular weight is 663 g/mol. The van der Waals surface area contributed by atoms with Crippen LogP contribution in [0.15, 0.2) is 182 Å². The second-order valence-corrected chi connectivity index (χ2v) is 14.6. The molecule has 0 bridgehead atoms. The van der Waals surface area contributed by atoms with E-state index < -0.39 is 0 Å². The molecule has 0 aliphatic carbocycles. The third kappa shape index (κ3) is 4.19. The van der Waals surface area contributed by atoms with E-state index in [1.807, 2.05) is 11.3 Å². The van der Waals surface area contributed by atoms with Gasteiger partial charge in [0.05, 0.1) is 0 Å². The molecule has 0 aliphatic heterocycles. The minimum Gasteiger partial charge on any atom is -0.135 e. The molecule has 0 amide bonds. The van der Waals surface area contributed by atoms with Crippen LogP contribution in [0.25, 0.3) is 107 Å². The van der Waals surface area contributed by atoms with Gasteiger partial charge in [-0.15, -0.1) is 11.3 Å². The van der Waals surface area contributed by atoms with Gasteiger partial charge in [-0.25, -0.2) is 0 Å². The Bertz CT molecular complexity index is 3130. The van der Waals surface area contributed by atoms with Gasteiger partial charge in [0.2, 0.25) is 0 Å². The molecule has 0 saturated heterocycles. The van der Waals surface area contributed by atoms with Crippen molar-refractivity contribution in [1.29, 1.82) is 0 Å². The maximum absolute atomic E-state index is 2.38. The fourth-order valence-electron chi connectivity index (χ4n) is 8.68. The summed E-state index contributed by atoms with van der Waals surface area (Å²) in [7, 11) is 0. The van der Waals surface area contributed by atoms with Crippen LogP contribution in [-0.2, 0) is 0 Å². The molecular formula is C50H30S. The summed E-state index contributed by atoms with van der Waals surface area (Å²) in [4.78, 5) is 0. The molecule has 0 atom stereocenters. The van der Waals surface area contributed by atoms with Crippen molar-refractivity contribution < 1.29 is 0 Å². The van der Waals surface area contributed by atoms with Crippen molar-refractivity contribution in [3.05, 3.63) is 182 Å². The minimum atomic E-state index is 1.26. The van der Waals surface area contributed by atoms with Crippen molar-refractivity contribution in [2.45, 2.75) is 0 Å². The van der Waals surface area contributed by atoms with Crippen molar-refractivity contribution in [2.75, 3.05) is 0 Å². The van der Waals surface area contributed by atoms with Crippen LogP contribution in [0.1, 0.15) is 0 Å². The molecule has 0 N–H and O–H groups in total. The highest BCUT2D eigenvalue weighted by atomic mass is 32.1. The highest BCUT2D eigenvalue weighted by Crippen LogP contribution is 2.49. The number of fused-ring (bicyclic) bond motifs is 9. The van der Waals surface area contributed by atoms with E-state index in [4.69, 9.17) is 0 Å². The molecule has 1 heteroatoms. The largest absolute Gasteiger partial charge is 0.135 e.